The molecule has 0 aliphatic rings. The van der Waals surface area contributed by atoms with E-state index in [2.05, 4.69) is 0 Å². The van der Waals surface area contributed by atoms with E-state index in [-0.39, 0.29) is 0 Å². The summed E-state index contributed by atoms with van der Waals surface area (Å²) < 4.78 is 61.3. The van der Waals surface area contributed by atoms with E-state index in [4.69, 9.17) is 0 Å². The third-order valence-corrected chi connectivity index (χ3v) is 1.83. The maximum Gasteiger partial charge on any atom is 0.395 e. The topological polar surface area (TPSA) is 17.1 Å². The molecule has 0 heterocycles. The molecule has 0 aliphatic carbocycles. The van der Waals surface area contributed by atoms with Gasteiger partial charge < -0.3 is 0 Å². The number of alkyl halides is 3. The Labute approximate surface area is 87.9 Å². The van der Waals surface area contributed by atoms with Crippen molar-refractivity contribution in [3.05, 3.63) is 35.4 Å². The molecule has 0 fully saturated rings. The van der Waals surface area contributed by atoms with Gasteiger partial charge >= 0.3 is 6.18 Å². The lowest BCUT2D eigenvalue weighted by Crippen LogP contribution is -2.17. The van der Waals surface area contributed by atoms with Gasteiger partial charge in [0.15, 0.2) is 0 Å². The van der Waals surface area contributed by atoms with Gasteiger partial charge in [0.25, 0.3) is 0 Å². The highest BCUT2D eigenvalue weighted by atomic mass is 19.4. The molecule has 0 aromatic heterocycles. The molecule has 0 bridgehead atoms. The lowest BCUT2D eigenvalue weighted by atomic mass is 10.1. The predicted octanol–water partition coefficient (Wildman–Crippen LogP) is 3.03. The van der Waals surface area contributed by atoms with E-state index < -0.39 is 42.0 Å². The van der Waals surface area contributed by atoms with Crippen LogP contribution in [0.5, 0.6) is 0 Å². The van der Waals surface area contributed by atoms with Crippen LogP contribution in [0, 0.1) is 11.6 Å². The summed E-state index contributed by atoms with van der Waals surface area (Å²) in [7, 11) is 0. The monoisotopic (exact) mass is 238 g/mol. The fourth-order valence-electron chi connectivity index (χ4n) is 1.18. The summed E-state index contributed by atoms with van der Waals surface area (Å²) in [5, 5.41) is 0. The van der Waals surface area contributed by atoms with Crippen LogP contribution in [-0.4, -0.2) is 12.0 Å². The van der Waals surface area contributed by atoms with Gasteiger partial charge in [-0.3, -0.25) is 4.79 Å². The third kappa shape index (κ3) is 3.60. The Morgan fingerprint density at radius 3 is 2.06 bits per heavy atom. The molecule has 6 heteroatoms. The second-order valence-corrected chi connectivity index (χ2v) is 3.21. The first-order valence-electron chi connectivity index (χ1n) is 4.31. The first-order chi connectivity index (χ1) is 7.29. The normalized spacial score (nSPS) is 11.6. The van der Waals surface area contributed by atoms with Gasteiger partial charge in [-0.05, 0) is 12.1 Å². The second kappa shape index (κ2) is 4.59. The largest absolute Gasteiger partial charge is 0.395 e. The van der Waals surface area contributed by atoms with E-state index in [1.807, 2.05) is 0 Å². The molecule has 0 amide bonds. The maximum absolute atomic E-state index is 13.0. The van der Waals surface area contributed by atoms with Crippen LogP contribution in [0.15, 0.2) is 18.2 Å². The SMILES string of the molecule is O=C(Cc1c(F)cccc1F)CC(F)(F)F. The zero-order chi connectivity index (χ0) is 12.3. The van der Waals surface area contributed by atoms with Crippen molar-refractivity contribution >= 4 is 5.78 Å². The van der Waals surface area contributed by atoms with Gasteiger partial charge in [-0.2, -0.15) is 13.2 Å². The number of Topliss-reactive ketones (excluding diaryl/α,β-unsaturated/α-hetero) is 1. The molecule has 1 nitrogen and oxygen atoms in total. The Bertz CT molecular complexity index is 376. The van der Waals surface area contributed by atoms with Crippen molar-refractivity contribution in [1.29, 1.82) is 0 Å². The molecule has 16 heavy (non-hydrogen) atoms. The Kier molecular flexibility index (Phi) is 3.62. The van der Waals surface area contributed by atoms with Gasteiger partial charge in [0, 0.05) is 12.0 Å². The van der Waals surface area contributed by atoms with Gasteiger partial charge in [0.1, 0.15) is 23.8 Å². The molecule has 0 atom stereocenters. The standard InChI is InChI=1S/C10H7F5O/c11-8-2-1-3-9(12)7(8)4-6(16)5-10(13,14)15/h1-3H,4-5H2. The van der Waals surface area contributed by atoms with E-state index in [9.17, 15) is 26.7 Å². The zero-order valence-electron chi connectivity index (χ0n) is 7.94. The minimum atomic E-state index is -4.65. The second-order valence-electron chi connectivity index (χ2n) is 3.21. The summed E-state index contributed by atoms with van der Waals surface area (Å²) >= 11 is 0. The zero-order valence-corrected chi connectivity index (χ0v) is 7.94. The highest BCUT2D eigenvalue weighted by Crippen LogP contribution is 2.22. The summed E-state index contributed by atoms with van der Waals surface area (Å²) in [5.41, 5.74) is -0.628. The van der Waals surface area contributed by atoms with Crippen LogP contribution in [-0.2, 0) is 11.2 Å². The molecule has 0 N–H and O–H groups in total. The van der Waals surface area contributed by atoms with E-state index in [1.54, 1.807) is 0 Å². The van der Waals surface area contributed by atoms with Crippen LogP contribution in [0.1, 0.15) is 12.0 Å². The molecule has 0 unspecified atom stereocenters. The van der Waals surface area contributed by atoms with Crippen molar-refractivity contribution in [3.63, 3.8) is 0 Å². The van der Waals surface area contributed by atoms with Crippen molar-refractivity contribution in [2.75, 3.05) is 0 Å². The lowest BCUT2D eigenvalue weighted by Gasteiger charge is -2.06. The maximum atomic E-state index is 13.0. The average molecular weight is 238 g/mol. The van der Waals surface area contributed by atoms with E-state index in [0.29, 0.717) is 0 Å². The molecule has 0 radical (unpaired) electrons. The molecular weight excluding hydrogens is 231 g/mol. The van der Waals surface area contributed by atoms with Gasteiger partial charge in [-0.25, -0.2) is 8.78 Å². The van der Waals surface area contributed by atoms with Crippen molar-refractivity contribution < 1.29 is 26.7 Å². The number of hydrogen-bond donors (Lipinski definition) is 0. The van der Waals surface area contributed by atoms with Gasteiger partial charge in [-0.15, -0.1) is 0 Å². The van der Waals surface area contributed by atoms with Crippen molar-refractivity contribution in [3.8, 4) is 0 Å². The molecule has 0 aliphatic heterocycles. The summed E-state index contributed by atoms with van der Waals surface area (Å²) in [6, 6.07) is 2.85. The Morgan fingerprint density at radius 1 is 1.12 bits per heavy atom. The summed E-state index contributed by atoms with van der Waals surface area (Å²) in [5.74, 6) is -3.30. The summed E-state index contributed by atoms with van der Waals surface area (Å²) in [6.45, 7) is 0. The highest BCUT2D eigenvalue weighted by molar-refractivity contribution is 5.81. The fraction of sp³-hybridized carbons (Fsp3) is 0.300. The quantitative estimate of drug-likeness (QED) is 0.740. The van der Waals surface area contributed by atoms with Crippen LogP contribution in [0.4, 0.5) is 22.0 Å². The number of carbonyl (C=O) groups excluding carboxylic acids is 1. The molecule has 0 saturated heterocycles. The van der Waals surface area contributed by atoms with Crippen molar-refractivity contribution in [2.24, 2.45) is 0 Å². The molecule has 1 rings (SSSR count). The fourth-order valence-corrected chi connectivity index (χ4v) is 1.18. The number of ketones is 1. The van der Waals surface area contributed by atoms with Crippen molar-refractivity contribution in [2.45, 2.75) is 19.0 Å². The third-order valence-electron chi connectivity index (χ3n) is 1.83. The average Bonchev–Trinajstić information content (AvgIpc) is 2.08. The van der Waals surface area contributed by atoms with E-state index >= 15 is 0 Å². The molecule has 88 valence electrons. The molecule has 1 aromatic carbocycles. The minimum Gasteiger partial charge on any atom is -0.299 e. The van der Waals surface area contributed by atoms with E-state index in [0.717, 1.165) is 18.2 Å². The number of benzene rings is 1. The first-order valence-corrected chi connectivity index (χ1v) is 4.31. The van der Waals surface area contributed by atoms with Crippen LogP contribution in [0.3, 0.4) is 0 Å². The van der Waals surface area contributed by atoms with Gasteiger partial charge in [-0.1, -0.05) is 6.07 Å². The number of hydrogen-bond acceptors (Lipinski definition) is 1. The summed E-state index contributed by atoms with van der Waals surface area (Å²) in [4.78, 5) is 10.9. The number of halogens is 5. The Balaban J connectivity index is 2.78. The number of carbonyl (C=O) groups is 1. The Morgan fingerprint density at radius 2 is 1.62 bits per heavy atom. The van der Waals surface area contributed by atoms with Crippen molar-refractivity contribution in [1.82, 2.24) is 0 Å². The number of rotatable bonds is 3. The summed E-state index contributed by atoms with van der Waals surface area (Å²) in [6.07, 6.45) is -7.22. The predicted molar refractivity (Wildman–Crippen MR) is 45.7 cm³/mol. The minimum absolute atomic E-state index is 0.628. The Hall–Kier alpha value is -1.46. The smallest absolute Gasteiger partial charge is 0.299 e. The van der Waals surface area contributed by atoms with Crippen LogP contribution >= 0.6 is 0 Å². The molecule has 0 spiro atoms. The van der Waals surface area contributed by atoms with E-state index in [1.165, 1.54) is 0 Å². The molecular formula is C10H7F5O. The van der Waals surface area contributed by atoms with Gasteiger partial charge in [0.05, 0.1) is 0 Å². The highest BCUT2D eigenvalue weighted by Gasteiger charge is 2.31. The lowest BCUT2D eigenvalue weighted by molar-refractivity contribution is -0.151. The van der Waals surface area contributed by atoms with Crippen LogP contribution < -0.4 is 0 Å². The molecule has 1 aromatic rings. The van der Waals surface area contributed by atoms with Gasteiger partial charge in [0.2, 0.25) is 0 Å². The molecule has 0 saturated carbocycles. The van der Waals surface area contributed by atoms with Crippen LogP contribution in [0.25, 0.3) is 0 Å². The van der Waals surface area contributed by atoms with Crippen LogP contribution in [0.2, 0.25) is 0 Å². The first kappa shape index (κ1) is 12.6.